The van der Waals surface area contributed by atoms with E-state index in [1.807, 2.05) is 24.3 Å². The summed E-state index contributed by atoms with van der Waals surface area (Å²) in [6, 6.07) is 7.82. The fourth-order valence-corrected chi connectivity index (χ4v) is 2.67. The number of hydrogen-bond acceptors (Lipinski definition) is 5. The lowest BCUT2D eigenvalue weighted by Gasteiger charge is -2.03. The van der Waals surface area contributed by atoms with Crippen LogP contribution in [0.2, 0.25) is 0 Å². The number of pyridine rings is 1. The standard InChI is InChI=1S/C13H13BrN2O2S/c1-18-13(17)6-10-3-4-11(19-10)8-15-9-2-5-12(14)16-7-9/h2-5,7,15H,6,8H2,1H3. The Kier molecular flexibility index (Phi) is 4.93. The number of carbonyl (C=O) groups is 1. The van der Waals surface area contributed by atoms with Crippen molar-refractivity contribution in [2.75, 3.05) is 12.4 Å². The quantitative estimate of drug-likeness (QED) is 0.670. The molecule has 4 nitrogen and oxygen atoms in total. The van der Waals surface area contributed by atoms with Gasteiger partial charge in [-0.05, 0) is 40.2 Å². The third-order valence-electron chi connectivity index (χ3n) is 2.46. The minimum absolute atomic E-state index is 0.210. The Balaban J connectivity index is 1.89. The molecule has 100 valence electrons. The van der Waals surface area contributed by atoms with Crippen LogP contribution in [0.4, 0.5) is 5.69 Å². The summed E-state index contributed by atoms with van der Waals surface area (Å²) < 4.78 is 5.46. The average molecular weight is 341 g/mol. The molecule has 0 aliphatic carbocycles. The molecule has 0 atom stereocenters. The highest BCUT2D eigenvalue weighted by molar-refractivity contribution is 9.10. The Morgan fingerprint density at radius 1 is 1.37 bits per heavy atom. The van der Waals surface area contributed by atoms with Crippen LogP contribution in [0.1, 0.15) is 9.75 Å². The van der Waals surface area contributed by atoms with Crippen molar-refractivity contribution in [3.8, 4) is 0 Å². The van der Waals surface area contributed by atoms with Crippen LogP contribution < -0.4 is 5.32 Å². The molecule has 0 fully saturated rings. The van der Waals surface area contributed by atoms with E-state index in [2.05, 4.69) is 31.0 Å². The lowest BCUT2D eigenvalue weighted by Crippen LogP contribution is -2.02. The van der Waals surface area contributed by atoms with Crippen LogP contribution in [0, 0.1) is 0 Å². The van der Waals surface area contributed by atoms with Gasteiger partial charge in [-0.2, -0.15) is 0 Å². The van der Waals surface area contributed by atoms with Gasteiger partial charge in [0.2, 0.25) is 0 Å². The number of nitrogens with zero attached hydrogens (tertiary/aromatic N) is 1. The maximum Gasteiger partial charge on any atom is 0.310 e. The molecule has 0 bridgehead atoms. The van der Waals surface area contributed by atoms with E-state index in [0.29, 0.717) is 6.42 Å². The maximum absolute atomic E-state index is 11.2. The molecule has 19 heavy (non-hydrogen) atoms. The molecule has 0 saturated carbocycles. The van der Waals surface area contributed by atoms with E-state index in [1.54, 1.807) is 17.5 Å². The Bertz CT molecular complexity index is 554. The molecule has 0 amide bonds. The van der Waals surface area contributed by atoms with E-state index < -0.39 is 0 Å². The number of methoxy groups -OCH3 is 1. The molecule has 0 aliphatic rings. The van der Waals surface area contributed by atoms with Gasteiger partial charge in [-0.3, -0.25) is 4.79 Å². The first kappa shape index (κ1) is 14.0. The average Bonchev–Trinajstić information content (AvgIpc) is 2.85. The largest absolute Gasteiger partial charge is 0.469 e. The normalized spacial score (nSPS) is 10.2. The summed E-state index contributed by atoms with van der Waals surface area (Å²) in [6.45, 7) is 0.717. The summed E-state index contributed by atoms with van der Waals surface area (Å²) in [5.74, 6) is -0.210. The number of thiophene rings is 1. The monoisotopic (exact) mass is 340 g/mol. The number of rotatable bonds is 5. The topological polar surface area (TPSA) is 51.2 Å². The number of ether oxygens (including phenoxy) is 1. The number of esters is 1. The van der Waals surface area contributed by atoms with Gasteiger partial charge in [0.25, 0.3) is 0 Å². The lowest BCUT2D eigenvalue weighted by atomic mass is 10.3. The number of carbonyl (C=O) groups excluding carboxylic acids is 1. The summed E-state index contributed by atoms with van der Waals surface area (Å²) >= 11 is 4.90. The first-order valence-electron chi connectivity index (χ1n) is 5.67. The van der Waals surface area contributed by atoms with Crippen LogP contribution in [-0.2, 0) is 22.5 Å². The Labute approximate surface area is 124 Å². The van der Waals surface area contributed by atoms with Crippen molar-refractivity contribution in [1.82, 2.24) is 4.98 Å². The minimum Gasteiger partial charge on any atom is -0.469 e. The van der Waals surface area contributed by atoms with Crippen molar-refractivity contribution in [3.05, 3.63) is 44.8 Å². The van der Waals surface area contributed by atoms with E-state index in [9.17, 15) is 4.79 Å². The predicted molar refractivity (Wildman–Crippen MR) is 79.3 cm³/mol. The van der Waals surface area contributed by atoms with Gasteiger partial charge in [-0.1, -0.05) is 0 Å². The Morgan fingerprint density at radius 2 is 2.16 bits per heavy atom. The van der Waals surface area contributed by atoms with E-state index >= 15 is 0 Å². The van der Waals surface area contributed by atoms with Crippen molar-refractivity contribution in [3.63, 3.8) is 0 Å². The number of nitrogens with one attached hydrogen (secondary N) is 1. The highest BCUT2D eigenvalue weighted by Crippen LogP contribution is 2.19. The number of hydrogen-bond donors (Lipinski definition) is 1. The van der Waals surface area contributed by atoms with Crippen molar-refractivity contribution < 1.29 is 9.53 Å². The van der Waals surface area contributed by atoms with Gasteiger partial charge in [0.1, 0.15) is 4.60 Å². The summed E-state index contributed by atoms with van der Waals surface area (Å²) in [5, 5.41) is 3.28. The van der Waals surface area contributed by atoms with Gasteiger partial charge < -0.3 is 10.1 Å². The smallest absolute Gasteiger partial charge is 0.310 e. The highest BCUT2D eigenvalue weighted by atomic mass is 79.9. The Hall–Kier alpha value is -1.40. The van der Waals surface area contributed by atoms with Crippen LogP contribution in [0.5, 0.6) is 0 Å². The van der Waals surface area contributed by atoms with Crippen LogP contribution in [-0.4, -0.2) is 18.1 Å². The summed E-state index contributed by atoms with van der Waals surface area (Å²) in [4.78, 5) is 17.5. The second-order valence-electron chi connectivity index (χ2n) is 3.84. The third kappa shape index (κ3) is 4.33. The maximum atomic E-state index is 11.2. The lowest BCUT2D eigenvalue weighted by molar-refractivity contribution is -0.139. The molecule has 0 unspecified atom stereocenters. The zero-order valence-corrected chi connectivity index (χ0v) is 12.8. The van der Waals surface area contributed by atoms with Crippen molar-refractivity contribution in [1.29, 1.82) is 0 Å². The van der Waals surface area contributed by atoms with Crippen molar-refractivity contribution in [2.24, 2.45) is 0 Å². The molecule has 0 spiro atoms. The number of aromatic nitrogens is 1. The summed E-state index contributed by atoms with van der Waals surface area (Å²) in [7, 11) is 1.40. The van der Waals surface area contributed by atoms with Crippen molar-refractivity contribution >= 4 is 38.9 Å². The zero-order chi connectivity index (χ0) is 13.7. The Morgan fingerprint density at radius 3 is 2.84 bits per heavy atom. The molecule has 0 aromatic carbocycles. The van der Waals surface area contributed by atoms with Crippen LogP contribution in [0.15, 0.2) is 35.1 Å². The first-order chi connectivity index (χ1) is 9.17. The molecular formula is C13H13BrN2O2S. The number of halogens is 1. The molecule has 0 aliphatic heterocycles. The van der Waals surface area contributed by atoms with Gasteiger partial charge in [0.15, 0.2) is 0 Å². The summed E-state index contributed by atoms with van der Waals surface area (Å²) in [5.41, 5.74) is 0.964. The highest BCUT2D eigenvalue weighted by Gasteiger charge is 2.06. The van der Waals surface area contributed by atoms with E-state index in [0.717, 1.165) is 21.7 Å². The van der Waals surface area contributed by atoms with Crippen LogP contribution in [0.25, 0.3) is 0 Å². The number of anilines is 1. The minimum atomic E-state index is -0.210. The molecule has 2 rings (SSSR count). The van der Waals surface area contributed by atoms with E-state index in [-0.39, 0.29) is 5.97 Å². The zero-order valence-electron chi connectivity index (χ0n) is 10.4. The molecule has 2 heterocycles. The molecule has 6 heteroatoms. The van der Waals surface area contributed by atoms with Gasteiger partial charge in [0.05, 0.1) is 25.4 Å². The van der Waals surface area contributed by atoms with Crippen LogP contribution >= 0.6 is 27.3 Å². The molecule has 1 N–H and O–H groups in total. The fourth-order valence-electron chi connectivity index (χ4n) is 1.50. The van der Waals surface area contributed by atoms with E-state index in [1.165, 1.54) is 12.0 Å². The summed E-state index contributed by atoms with van der Waals surface area (Å²) in [6.07, 6.45) is 2.11. The van der Waals surface area contributed by atoms with Crippen LogP contribution in [0.3, 0.4) is 0 Å². The second-order valence-corrected chi connectivity index (χ2v) is 5.91. The van der Waals surface area contributed by atoms with Gasteiger partial charge >= 0.3 is 5.97 Å². The van der Waals surface area contributed by atoms with E-state index in [4.69, 9.17) is 0 Å². The fraction of sp³-hybridized carbons (Fsp3) is 0.231. The second kappa shape index (κ2) is 6.68. The predicted octanol–water partition coefficient (Wildman–Crippen LogP) is 3.23. The van der Waals surface area contributed by atoms with Crippen molar-refractivity contribution in [2.45, 2.75) is 13.0 Å². The van der Waals surface area contributed by atoms with Gasteiger partial charge in [0, 0.05) is 16.3 Å². The first-order valence-corrected chi connectivity index (χ1v) is 7.28. The molecule has 2 aromatic heterocycles. The molecule has 0 radical (unpaired) electrons. The van der Waals surface area contributed by atoms with Gasteiger partial charge in [-0.15, -0.1) is 11.3 Å². The molecule has 0 saturated heterocycles. The third-order valence-corrected chi connectivity index (χ3v) is 4.01. The molecule has 2 aromatic rings. The van der Waals surface area contributed by atoms with Gasteiger partial charge in [-0.25, -0.2) is 4.98 Å². The SMILES string of the molecule is COC(=O)Cc1ccc(CNc2ccc(Br)nc2)s1. The molecular weight excluding hydrogens is 328 g/mol.